The third kappa shape index (κ3) is 4.94. The minimum Gasteiger partial charge on any atom is -0.379 e. The van der Waals surface area contributed by atoms with E-state index in [-0.39, 0.29) is 31.2 Å². The molecule has 4 heterocycles. The van der Waals surface area contributed by atoms with Gasteiger partial charge in [-0.15, -0.1) is 0 Å². The zero-order valence-corrected chi connectivity index (χ0v) is 21.2. The number of hydrogen-bond donors (Lipinski definition) is 3. The molecule has 38 heavy (non-hydrogen) atoms. The van der Waals surface area contributed by atoms with Gasteiger partial charge in [-0.25, -0.2) is 18.3 Å². The Balaban J connectivity index is 1.17. The van der Waals surface area contributed by atoms with Crippen molar-refractivity contribution in [1.29, 1.82) is 0 Å². The number of aromatic amines is 1. The number of H-pyrrole nitrogens is 1. The molecule has 3 N–H and O–H groups in total. The molecule has 11 heteroatoms. The Morgan fingerprint density at radius 1 is 1.24 bits per heavy atom. The molecule has 4 aromatic heterocycles. The van der Waals surface area contributed by atoms with E-state index >= 15 is 0 Å². The number of anilines is 1. The highest BCUT2D eigenvalue weighted by atomic mass is 19.3. The van der Waals surface area contributed by atoms with Crippen molar-refractivity contribution in [2.45, 2.75) is 63.5 Å². The molecule has 4 aromatic rings. The molecule has 0 bridgehead atoms. The molecule has 0 radical (unpaired) electrons. The predicted molar refractivity (Wildman–Crippen MR) is 139 cm³/mol. The van der Waals surface area contributed by atoms with Crippen molar-refractivity contribution >= 4 is 28.4 Å². The summed E-state index contributed by atoms with van der Waals surface area (Å²) in [7, 11) is 0. The first kappa shape index (κ1) is 24.7. The number of fused-ring (bicyclic) bond motifs is 2. The van der Waals surface area contributed by atoms with E-state index in [1.165, 1.54) is 6.20 Å². The average molecular weight is 524 g/mol. The number of aromatic nitrogens is 5. The summed E-state index contributed by atoms with van der Waals surface area (Å²) in [6.07, 6.45) is 11.1. The van der Waals surface area contributed by atoms with Crippen LogP contribution in [0.1, 0.15) is 55.8 Å². The van der Waals surface area contributed by atoms with Crippen LogP contribution in [0.3, 0.4) is 0 Å². The number of rotatable bonds is 8. The number of amides is 1. The van der Waals surface area contributed by atoms with Crippen molar-refractivity contribution in [3.05, 3.63) is 42.5 Å². The van der Waals surface area contributed by atoms with Crippen molar-refractivity contribution in [2.75, 3.05) is 18.5 Å². The van der Waals surface area contributed by atoms with Crippen molar-refractivity contribution < 1.29 is 18.3 Å². The summed E-state index contributed by atoms with van der Waals surface area (Å²) in [6.45, 7) is 3.02. The molecular weight excluding hydrogens is 492 g/mol. The van der Waals surface area contributed by atoms with Crippen LogP contribution in [0.15, 0.2) is 36.9 Å². The third-order valence-electron chi connectivity index (χ3n) is 7.65. The number of alkyl halides is 2. The Bertz CT molecular complexity index is 1450. The molecule has 6 rings (SSSR count). The van der Waals surface area contributed by atoms with Gasteiger partial charge in [0.1, 0.15) is 5.65 Å². The summed E-state index contributed by atoms with van der Waals surface area (Å²) >= 11 is 0. The number of hydrogen-bond acceptors (Lipinski definition) is 6. The molecule has 0 saturated heterocycles. The number of pyridine rings is 1. The van der Waals surface area contributed by atoms with Crippen LogP contribution < -0.4 is 10.6 Å². The van der Waals surface area contributed by atoms with E-state index in [1.54, 1.807) is 10.7 Å². The van der Waals surface area contributed by atoms with E-state index in [4.69, 9.17) is 4.74 Å². The van der Waals surface area contributed by atoms with Crippen LogP contribution in [0.4, 0.5) is 14.7 Å². The highest BCUT2D eigenvalue weighted by molar-refractivity contribution is 6.02. The lowest BCUT2D eigenvalue weighted by Crippen LogP contribution is -2.42. The van der Waals surface area contributed by atoms with Gasteiger partial charge < -0.3 is 20.4 Å². The van der Waals surface area contributed by atoms with Crippen LogP contribution in [0, 0.1) is 5.92 Å². The van der Waals surface area contributed by atoms with Gasteiger partial charge in [0.2, 0.25) is 11.9 Å². The molecule has 0 aliphatic heterocycles. The summed E-state index contributed by atoms with van der Waals surface area (Å²) in [5.41, 5.74) is 3.56. The summed E-state index contributed by atoms with van der Waals surface area (Å²) in [6, 6.07) is 4.14. The lowest BCUT2D eigenvalue weighted by atomic mass is 9.81. The predicted octanol–water partition coefficient (Wildman–Crippen LogP) is 4.81. The van der Waals surface area contributed by atoms with Gasteiger partial charge >= 0.3 is 0 Å². The fraction of sp³-hybridized carbons (Fsp3) is 0.481. The Morgan fingerprint density at radius 2 is 2.05 bits per heavy atom. The minimum absolute atomic E-state index is 0.179. The average Bonchev–Trinajstić information content (AvgIpc) is 3.51. The summed E-state index contributed by atoms with van der Waals surface area (Å²) < 4.78 is 33.6. The summed E-state index contributed by atoms with van der Waals surface area (Å²) in [5.74, 6) is -2.51. The van der Waals surface area contributed by atoms with Crippen LogP contribution in [0.2, 0.25) is 0 Å². The van der Waals surface area contributed by atoms with E-state index < -0.39 is 5.92 Å². The van der Waals surface area contributed by atoms with Crippen molar-refractivity contribution in [2.24, 2.45) is 5.92 Å². The molecule has 0 spiro atoms. The monoisotopic (exact) mass is 523 g/mol. The van der Waals surface area contributed by atoms with E-state index in [0.29, 0.717) is 29.2 Å². The van der Waals surface area contributed by atoms with Crippen LogP contribution in [0.25, 0.3) is 27.7 Å². The molecule has 200 valence electrons. The van der Waals surface area contributed by atoms with Gasteiger partial charge in [0.05, 0.1) is 23.4 Å². The molecule has 0 aromatic carbocycles. The second kappa shape index (κ2) is 9.94. The number of ether oxygens (including phenoxy) is 1. The molecule has 0 unspecified atom stereocenters. The van der Waals surface area contributed by atoms with Crippen LogP contribution in [-0.2, 0) is 4.74 Å². The number of nitrogens with zero attached hydrogens (tertiary/aromatic N) is 4. The maximum Gasteiger partial charge on any atom is 0.255 e. The standard InChI is InChI=1S/C27H31F2N7O2/c1-2-38-19-5-3-18(4-6-19)34-26-32-14-21-20(13-30-24(21)35-26)17-7-8-36-23(9-17)22(15-33-36)25(37)31-12-16-10-27(28,29)11-16/h7-9,13-16,18-19H,2-6,10-12H2,1H3,(H,31,37)(H2,30,32,34,35). The Morgan fingerprint density at radius 3 is 2.82 bits per heavy atom. The van der Waals surface area contributed by atoms with E-state index in [1.807, 2.05) is 31.5 Å². The van der Waals surface area contributed by atoms with Crippen molar-refractivity contribution in [3.63, 3.8) is 0 Å². The Labute approximate surface area is 218 Å². The largest absolute Gasteiger partial charge is 0.379 e. The van der Waals surface area contributed by atoms with Gasteiger partial charge in [-0.1, -0.05) is 0 Å². The number of carbonyl (C=O) groups is 1. The van der Waals surface area contributed by atoms with Gasteiger partial charge in [-0.05, 0) is 56.2 Å². The third-order valence-corrected chi connectivity index (χ3v) is 7.65. The van der Waals surface area contributed by atoms with Gasteiger partial charge in [-0.2, -0.15) is 10.1 Å². The molecule has 1 amide bonds. The highest BCUT2D eigenvalue weighted by Gasteiger charge is 2.45. The van der Waals surface area contributed by atoms with Crippen LogP contribution in [0.5, 0.6) is 0 Å². The number of halogens is 2. The molecule has 2 aliphatic rings. The van der Waals surface area contributed by atoms with Gasteiger partial charge in [0.25, 0.3) is 5.91 Å². The summed E-state index contributed by atoms with van der Waals surface area (Å²) in [4.78, 5) is 25.3. The Kier molecular flexibility index (Phi) is 6.46. The lowest BCUT2D eigenvalue weighted by molar-refractivity contribution is -0.108. The molecule has 2 fully saturated rings. The fourth-order valence-electron chi connectivity index (χ4n) is 5.59. The number of carbonyl (C=O) groups excluding carboxylic acids is 1. The van der Waals surface area contributed by atoms with E-state index in [0.717, 1.165) is 54.5 Å². The van der Waals surface area contributed by atoms with Crippen LogP contribution in [-0.4, -0.2) is 61.7 Å². The summed E-state index contributed by atoms with van der Waals surface area (Å²) in [5, 5.41) is 11.4. The fourth-order valence-corrected chi connectivity index (χ4v) is 5.59. The smallest absolute Gasteiger partial charge is 0.255 e. The van der Waals surface area contributed by atoms with E-state index in [2.05, 4.69) is 30.7 Å². The first-order valence-corrected chi connectivity index (χ1v) is 13.2. The Hall–Kier alpha value is -3.60. The SMILES string of the molecule is CCOC1CCC(Nc2ncc3c(-c4ccn5ncc(C(=O)NCC6CC(F)(F)C6)c5c4)c[nH]c3n2)CC1. The van der Waals surface area contributed by atoms with Gasteiger partial charge in [0, 0.05) is 61.6 Å². The lowest BCUT2D eigenvalue weighted by Gasteiger charge is -2.34. The maximum absolute atomic E-state index is 13.1. The van der Waals surface area contributed by atoms with Crippen LogP contribution >= 0.6 is 0 Å². The van der Waals surface area contributed by atoms with Crippen molar-refractivity contribution in [1.82, 2.24) is 29.9 Å². The molecule has 2 aliphatic carbocycles. The molecule has 2 saturated carbocycles. The minimum atomic E-state index is -2.60. The molecule has 9 nitrogen and oxygen atoms in total. The first-order chi connectivity index (χ1) is 18.4. The quantitative estimate of drug-likeness (QED) is 0.306. The highest BCUT2D eigenvalue weighted by Crippen LogP contribution is 2.41. The zero-order chi connectivity index (χ0) is 26.3. The van der Waals surface area contributed by atoms with E-state index in [9.17, 15) is 13.6 Å². The maximum atomic E-state index is 13.1. The second-order valence-electron chi connectivity index (χ2n) is 10.4. The molecular formula is C27H31F2N7O2. The topological polar surface area (TPSA) is 109 Å². The van der Waals surface area contributed by atoms with Crippen molar-refractivity contribution in [3.8, 4) is 11.1 Å². The second-order valence-corrected chi connectivity index (χ2v) is 10.4. The molecule has 0 atom stereocenters. The van der Waals surface area contributed by atoms with Gasteiger partial charge in [-0.3, -0.25) is 4.79 Å². The number of nitrogens with one attached hydrogen (secondary N) is 3. The normalized spacial score (nSPS) is 21.4. The first-order valence-electron chi connectivity index (χ1n) is 13.2. The zero-order valence-electron chi connectivity index (χ0n) is 21.2. The van der Waals surface area contributed by atoms with Gasteiger partial charge in [0.15, 0.2) is 0 Å².